The third kappa shape index (κ3) is 5.75. The summed E-state index contributed by atoms with van der Waals surface area (Å²) in [4.78, 5) is 12.3. The van der Waals surface area contributed by atoms with Crippen LogP contribution in [0.1, 0.15) is 70.2 Å². The fourth-order valence-corrected chi connectivity index (χ4v) is 3.14. The molecule has 0 spiro atoms. The number of hydrogen-bond donors (Lipinski definition) is 3. The van der Waals surface area contributed by atoms with E-state index < -0.39 is 0 Å². The van der Waals surface area contributed by atoms with Gasteiger partial charge in [-0.25, -0.2) is 0 Å². The summed E-state index contributed by atoms with van der Waals surface area (Å²) in [6.07, 6.45) is 1.00. The number of aryl methyl sites for hydroxylation is 1. The minimum absolute atomic E-state index is 0.0178. The van der Waals surface area contributed by atoms with Crippen LogP contribution in [0, 0.1) is 0 Å². The molecule has 4 heteroatoms. The molecule has 0 aromatic heterocycles. The van der Waals surface area contributed by atoms with Crippen LogP contribution in [0.5, 0.6) is 11.5 Å². The van der Waals surface area contributed by atoms with Crippen molar-refractivity contribution in [2.75, 3.05) is 0 Å². The largest absolute Gasteiger partial charge is 0.508 e. The Hall–Kier alpha value is -2.49. The first-order valence-corrected chi connectivity index (χ1v) is 9.79. The number of carbonyl (C=O) groups is 1. The first-order chi connectivity index (χ1) is 12.9. The van der Waals surface area contributed by atoms with Crippen molar-refractivity contribution in [2.45, 2.75) is 71.8 Å². The Bertz CT molecular complexity index is 789. The summed E-state index contributed by atoms with van der Waals surface area (Å²) in [5.74, 6) is 0.558. The molecule has 3 N–H and O–H groups in total. The van der Waals surface area contributed by atoms with Crippen molar-refractivity contribution in [3.05, 3.63) is 58.7 Å². The second kappa shape index (κ2) is 8.26. The quantitative estimate of drug-likeness (QED) is 0.685. The van der Waals surface area contributed by atoms with Crippen LogP contribution >= 0.6 is 0 Å². The molecule has 0 fully saturated rings. The van der Waals surface area contributed by atoms with E-state index >= 15 is 0 Å². The van der Waals surface area contributed by atoms with Gasteiger partial charge >= 0.3 is 0 Å². The molecule has 2 aromatic carbocycles. The summed E-state index contributed by atoms with van der Waals surface area (Å²) in [7, 11) is 0. The lowest BCUT2D eigenvalue weighted by Crippen LogP contribution is -2.23. The maximum absolute atomic E-state index is 12.3. The lowest BCUT2D eigenvalue weighted by atomic mass is 9.78. The number of carbonyl (C=O) groups excluding carboxylic acids is 1. The molecule has 0 saturated heterocycles. The van der Waals surface area contributed by atoms with Gasteiger partial charge in [0, 0.05) is 13.0 Å². The topological polar surface area (TPSA) is 69.6 Å². The molecular weight excluding hydrogens is 350 g/mol. The molecule has 4 nitrogen and oxygen atoms in total. The fraction of sp³-hybridized carbons (Fsp3) is 0.458. The Balaban J connectivity index is 2.10. The number of amides is 1. The maximum atomic E-state index is 12.3. The van der Waals surface area contributed by atoms with Gasteiger partial charge in [0.1, 0.15) is 11.5 Å². The van der Waals surface area contributed by atoms with E-state index in [1.54, 1.807) is 24.3 Å². The first kappa shape index (κ1) is 21.8. The van der Waals surface area contributed by atoms with Gasteiger partial charge in [0.15, 0.2) is 0 Å². The van der Waals surface area contributed by atoms with Gasteiger partial charge in [-0.2, -0.15) is 0 Å². The lowest BCUT2D eigenvalue weighted by molar-refractivity contribution is -0.121. The summed E-state index contributed by atoms with van der Waals surface area (Å²) < 4.78 is 0. The SMILES string of the molecule is CC(C)(C)c1cc(CCC(=O)NCc2ccc(O)cc2)cc(C(C)(C)C)c1O. The van der Waals surface area contributed by atoms with Crippen LogP contribution in [0.2, 0.25) is 0 Å². The van der Waals surface area contributed by atoms with Crippen LogP contribution in [0.15, 0.2) is 36.4 Å². The first-order valence-electron chi connectivity index (χ1n) is 9.79. The average molecular weight is 384 g/mol. The highest BCUT2D eigenvalue weighted by molar-refractivity contribution is 5.76. The van der Waals surface area contributed by atoms with Gasteiger partial charge in [0.2, 0.25) is 5.91 Å². The van der Waals surface area contributed by atoms with Crippen molar-refractivity contribution >= 4 is 5.91 Å². The molecule has 0 bridgehead atoms. The molecule has 0 saturated carbocycles. The van der Waals surface area contributed by atoms with E-state index in [-0.39, 0.29) is 22.5 Å². The zero-order chi connectivity index (χ0) is 21.1. The van der Waals surface area contributed by atoms with Gasteiger partial charge < -0.3 is 15.5 Å². The molecule has 1 amide bonds. The normalized spacial score (nSPS) is 12.1. The molecular formula is C24H33NO3. The summed E-state index contributed by atoms with van der Waals surface area (Å²) >= 11 is 0. The third-order valence-electron chi connectivity index (χ3n) is 4.85. The van der Waals surface area contributed by atoms with E-state index in [4.69, 9.17) is 0 Å². The molecule has 0 heterocycles. The lowest BCUT2D eigenvalue weighted by Gasteiger charge is -2.28. The highest BCUT2D eigenvalue weighted by Crippen LogP contribution is 2.39. The van der Waals surface area contributed by atoms with E-state index in [1.165, 1.54) is 0 Å². The monoisotopic (exact) mass is 383 g/mol. The van der Waals surface area contributed by atoms with Crippen molar-refractivity contribution in [3.8, 4) is 11.5 Å². The molecule has 0 aliphatic carbocycles. The van der Waals surface area contributed by atoms with Crippen LogP contribution in [0.4, 0.5) is 0 Å². The summed E-state index contributed by atoms with van der Waals surface area (Å²) in [5, 5.41) is 23.0. The van der Waals surface area contributed by atoms with Gasteiger partial charge in [0.05, 0.1) is 0 Å². The Kier molecular flexibility index (Phi) is 6.43. The van der Waals surface area contributed by atoms with E-state index in [9.17, 15) is 15.0 Å². The number of phenolic OH excluding ortho intramolecular Hbond substituents is 2. The van der Waals surface area contributed by atoms with E-state index in [1.807, 2.05) is 12.1 Å². The van der Waals surface area contributed by atoms with Crippen molar-refractivity contribution in [2.24, 2.45) is 0 Å². The van der Waals surface area contributed by atoms with Crippen LogP contribution in [0.3, 0.4) is 0 Å². The number of benzene rings is 2. The van der Waals surface area contributed by atoms with Crippen LogP contribution in [0.25, 0.3) is 0 Å². The Labute approximate surface area is 168 Å². The summed E-state index contributed by atoms with van der Waals surface area (Å²) in [6, 6.07) is 10.9. The number of nitrogens with one attached hydrogen (secondary N) is 1. The van der Waals surface area contributed by atoms with E-state index in [2.05, 4.69) is 46.9 Å². The van der Waals surface area contributed by atoms with Gasteiger partial charge in [0.25, 0.3) is 0 Å². The Morgan fingerprint density at radius 2 is 1.36 bits per heavy atom. The molecule has 0 aliphatic rings. The van der Waals surface area contributed by atoms with Gasteiger partial charge in [-0.05, 0) is 51.6 Å². The van der Waals surface area contributed by atoms with Crippen LogP contribution in [-0.4, -0.2) is 16.1 Å². The zero-order valence-electron chi connectivity index (χ0n) is 17.9. The molecule has 0 aliphatic heterocycles. The fourth-order valence-electron chi connectivity index (χ4n) is 3.14. The number of aromatic hydroxyl groups is 2. The molecule has 152 valence electrons. The Morgan fingerprint density at radius 3 is 1.82 bits per heavy atom. The number of rotatable bonds is 5. The smallest absolute Gasteiger partial charge is 0.220 e. The van der Waals surface area contributed by atoms with Crippen LogP contribution in [-0.2, 0) is 28.6 Å². The van der Waals surface area contributed by atoms with Crippen LogP contribution < -0.4 is 5.32 Å². The molecule has 28 heavy (non-hydrogen) atoms. The Morgan fingerprint density at radius 1 is 0.857 bits per heavy atom. The molecule has 2 aromatic rings. The highest BCUT2D eigenvalue weighted by atomic mass is 16.3. The second-order valence-electron chi connectivity index (χ2n) is 9.48. The summed E-state index contributed by atoms with van der Waals surface area (Å²) in [6.45, 7) is 13.0. The molecule has 2 rings (SSSR count). The predicted molar refractivity (Wildman–Crippen MR) is 114 cm³/mol. The van der Waals surface area contributed by atoms with E-state index in [0.717, 1.165) is 22.3 Å². The predicted octanol–water partition coefficient (Wildman–Crippen LogP) is 4.94. The maximum Gasteiger partial charge on any atom is 0.220 e. The molecule has 0 unspecified atom stereocenters. The average Bonchev–Trinajstić information content (AvgIpc) is 2.58. The third-order valence-corrected chi connectivity index (χ3v) is 4.85. The van der Waals surface area contributed by atoms with Gasteiger partial charge in [-0.15, -0.1) is 0 Å². The minimum Gasteiger partial charge on any atom is -0.508 e. The van der Waals surface area contributed by atoms with Crippen molar-refractivity contribution < 1.29 is 15.0 Å². The number of hydrogen-bond acceptors (Lipinski definition) is 3. The minimum atomic E-state index is -0.179. The van der Waals surface area contributed by atoms with Crippen molar-refractivity contribution in [3.63, 3.8) is 0 Å². The molecule has 0 radical (unpaired) electrons. The number of phenols is 2. The van der Waals surface area contributed by atoms with E-state index in [0.29, 0.717) is 25.1 Å². The van der Waals surface area contributed by atoms with Gasteiger partial charge in [-0.1, -0.05) is 65.8 Å². The molecule has 0 atom stereocenters. The summed E-state index contributed by atoms with van der Waals surface area (Å²) in [5.41, 5.74) is 3.48. The zero-order valence-corrected chi connectivity index (χ0v) is 17.9. The standard InChI is InChI=1S/C24H33NO3/c1-23(2,3)19-13-17(14-20(22(19)28)24(4,5)6)9-12-21(27)25-15-16-7-10-18(26)11-8-16/h7-8,10-11,13-14,26,28H,9,12,15H2,1-6H3,(H,25,27). The van der Waals surface area contributed by atoms with Gasteiger partial charge in [-0.3, -0.25) is 4.79 Å². The van der Waals surface area contributed by atoms with Crippen molar-refractivity contribution in [1.82, 2.24) is 5.32 Å². The highest BCUT2D eigenvalue weighted by Gasteiger charge is 2.26. The second-order valence-corrected chi connectivity index (χ2v) is 9.48. The van der Waals surface area contributed by atoms with Crippen molar-refractivity contribution in [1.29, 1.82) is 0 Å².